The van der Waals surface area contributed by atoms with E-state index in [1.807, 2.05) is 30.3 Å². The number of nitrogens with zero attached hydrogens (tertiary/aromatic N) is 3. The molecule has 0 bridgehead atoms. The highest BCUT2D eigenvalue weighted by atomic mass is 35.5. The molecule has 1 heterocycles. The van der Waals surface area contributed by atoms with Crippen LogP contribution in [0.5, 0.6) is 0 Å². The van der Waals surface area contributed by atoms with Crippen LogP contribution in [0.15, 0.2) is 12.1 Å². The summed E-state index contributed by atoms with van der Waals surface area (Å²) in [5.74, 6) is 1.70. The average molecular weight is 292 g/mol. The maximum atomic E-state index is 6.19. The molecule has 0 fully saturated rings. The Kier molecular flexibility index (Phi) is 3.34. The SMILES string of the molecule is Cc1nc(C)[n+](C)n1-c1c(Cl)cc(Cl)cc1Cl. The van der Waals surface area contributed by atoms with Gasteiger partial charge in [0.15, 0.2) is 0 Å². The van der Waals surface area contributed by atoms with Crippen LogP contribution in [0.3, 0.4) is 0 Å². The van der Waals surface area contributed by atoms with Crippen LogP contribution in [0.4, 0.5) is 0 Å². The highest BCUT2D eigenvalue weighted by Gasteiger charge is 2.22. The highest BCUT2D eigenvalue weighted by Crippen LogP contribution is 2.31. The summed E-state index contributed by atoms with van der Waals surface area (Å²) in [6, 6.07) is 3.33. The van der Waals surface area contributed by atoms with Gasteiger partial charge in [-0.25, -0.2) is 0 Å². The lowest BCUT2D eigenvalue weighted by molar-refractivity contribution is -0.751. The molecule has 2 rings (SSSR count). The van der Waals surface area contributed by atoms with E-state index >= 15 is 0 Å². The summed E-state index contributed by atoms with van der Waals surface area (Å²) < 4.78 is 3.74. The number of hydrogen-bond acceptors (Lipinski definition) is 1. The van der Waals surface area contributed by atoms with Crippen molar-refractivity contribution < 1.29 is 4.68 Å². The molecule has 0 spiro atoms. The third kappa shape index (κ3) is 2.15. The van der Waals surface area contributed by atoms with Crippen LogP contribution in [0, 0.1) is 13.8 Å². The normalized spacial score (nSPS) is 10.9. The first kappa shape index (κ1) is 12.7. The van der Waals surface area contributed by atoms with Gasteiger partial charge in [0.2, 0.25) is 0 Å². The Labute approximate surface area is 115 Å². The van der Waals surface area contributed by atoms with Crippen molar-refractivity contribution in [1.29, 1.82) is 0 Å². The monoisotopic (exact) mass is 290 g/mol. The number of halogens is 3. The third-order valence-corrected chi connectivity index (χ3v) is 3.39. The van der Waals surface area contributed by atoms with Crippen molar-refractivity contribution in [1.82, 2.24) is 9.67 Å². The van der Waals surface area contributed by atoms with Crippen LogP contribution in [0.1, 0.15) is 11.6 Å². The maximum absolute atomic E-state index is 6.19. The molecule has 0 N–H and O–H groups in total. The summed E-state index contributed by atoms with van der Waals surface area (Å²) in [7, 11) is 1.90. The summed E-state index contributed by atoms with van der Waals surface area (Å²) in [5, 5.41) is 1.51. The van der Waals surface area contributed by atoms with Gasteiger partial charge < -0.3 is 0 Å². The van der Waals surface area contributed by atoms with Gasteiger partial charge in [-0.2, -0.15) is 4.68 Å². The van der Waals surface area contributed by atoms with Crippen molar-refractivity contribution in [2.75, 3.05) is 0 Å². The lowest BCUT2D eigenvalue weighted by atomic mass is 10.3. The number of aromatic nitrogens is 3. The summed E-state index contributed by atoms with van der Waals surface area (Å²) in [4.78, 5) is 4.37. The quantitative estimate of drug-likeness (QED) is 0.739. The van der Waals surface area contributed by atoms with Crippen LogP contribution in [-0.2, 0) is 7.05 Å². The molecule has 0 atom stereocenters. The molecular weight excluding hydrogens is 281 g/mol. The zero-order chi connectivity index (χ0) is 12.7. The highest BCUT2D eigenvalue weighted by molar-refractivity contribution is 6.40. The Morgan fingerprint density at radius 3 is 2.06 bits per heavy atom. The Hall–Kier alpha value is -0.770. The fraction of sp³-hybridized carbons (Fsp3) is 0.273. The van der Waals surface area contributed by atoms with Crippen LogP contribution < -0.4 is 4.68 Å². The topological polar surface area (TPSA) is 21.7 Å². The number of hydrogen-bond donors (Lipinski definition) is 0. The molecule has 0 aliphatic rings. The first-order valence-corrected chi connectivity index (χ1v) is 6.12. The Bertz CT molecular complexity index is 567. The molecule has 3 nitrogen and oxygen atoms in total. The van der Waals surface area contributed by atoms with Crippen molar-refractivity contribution >= 4 is 34.8 Å². The molecule has 90 valence electrons. The van der Waals surface area contributed by atoms with Gasteiger partial charge in [-0.1, -0.05) is 34.8 Å². The fourth-order valence-corrected chi connectivity index (χ4v) is 2.74. The van der Waals surface area contributed by atoms with E-state index in [0.717, 1.165) is 11.6 Å². The molecule has 17 heavy (non-hydrogen) atoms. The first-order valence-electron chi connectivity index (χ1n) is 4.99. The molecular formula is C11H11Cl3N3+. The van der Waals surface area contributed by atoms with Crippen molar-refractivity contribution in [3.8, 4) is 5.69 Å². The molecule has 0 saturated carbocycles. The molecule has 6 heteroatoms. The molecule has 2 aromatic rings. The number of benzene rings is 1. The van der Waals surface area contributed by atoms with Crippen LogP contribution in [0.2, 0.25) is 15.1 Å². The molecule has 0 saturated heterocycles. The minimum absolute atomic E-state index is 0.499. The van der Waals surface area contributed by atoms with Gasteiger partial charge in [-0.05, 0) is 17.1 Å². The molecule has 0 aliphatic heterocycles. The van der Waals surface area contributed by atoms with Gasteiger partial charge in [0.25, 0.3) is 5.82 Å². The molecule has 0 unspecified atom stereocenters. The van der Waals surface area contributed by atoms with Crippen molar-refractivity contribution in [2.24, 2.45) is 7.05 Å². The largest absolute Gasteiger partial charge is 0.316 e. The minimum atomic E-state index is 0.499. The summed E-state index contributed by atoms with van der Waals surface area (Å²) in [5.41, 5.74) is 0.693. The number of rotatable bonds is 1. The van der Waals surface area contributed by atoms with Gasteiger partial charge in [-0.15, -0.1) is 4.68 Å². The third-order valence-electron chi connectivity index (χ3n) is 2.59. The zero-order valence-corrected chi connectivity index (χ0v) is 11.9. The Morgan fingerprint density at radius 1 is 1.12 bits per heavy atom. The predicted octanol–water partition coefficient (Wildman–Crippen LogP) is 3.27. The van der Waals surface area contributed by atoms with Gasteiger partial charge >= 0.3 is 5.82 Å². The lowest BCUT2D eigenvalue weighted by Crippen LogP contribution is -2.40. The van der Waals surface area contributed by atoms with Gasteiger partial charge in [0.1, 0.15) is 12.7 Å². The minimum Gasteiger partial charge on any atom is -0.152 e. The molecule has 1 aromatic carbocycles. The summed E-state index contributed by atoms with van der Waals surface area (Å²) >= 11 is 18.3. The van der Waals surface area contributed by atoms with E-state index in [0.29, 0.717) is 20.8 Å². The van der Waals surface area contributed by atoms with E-state index in [4.69, 9.17) is 34.8 Å². The van der Waals surface area contributed by atoms with E-state index in [1.165, 1.54) is 0 Å². The summed E-state index contributed by atoms with van der Waals surface area (Å²) in [6.45, 7) is 3.81. The standard InChI is InChI=1S/C11H11Cl3N3/c1-6-15-7(2)17(16(6)3)11-9(13)4-8(12)5-10(11)14/h4-5H,1-3H3/q+1. The van der Waals surface area contributed by atoms with Crippen molar-refractivity contribution in [3.63, 3.8) is 0 Å². The molecule has 0 radical (unpaired) electrons. The fourth-order valence-electron chi connectivity index (χ4n) is 1.76. The van der Waals surface area contributed by atoms with E-state index in [-0.39, 0.29) is 0 Å². The van der Waals surface area contributed by atoms with E-state index < -0.39 is 0 Å². The van der Waals surface area contributed by atoms with E-state index in [9.17, 15) is 0 Å². The molecule has 0 aliphatic carbocycles. The van der Waals surface area contributed by atoms with Crippen molar-refractivity contribution in [2.45, 2.75) is 13.8 Å². The second-order valence-electron chi connectivity index (χ2n) is 3.76. The van der Waals surface area contributed by atoms with Gasteiger partial charge in [-0.3, -0.25) is 0 Å². The smallest absolute Gasteiger partial charge is 0.152 e. The van der Waals surface area contributed by atoms with Crippen LogP contribution >= 0.6 is 34.8 Å². The van der Waals surface area contributed by atoms with Gasteiger partial charge in [0.05, 0.1) is 10.0 Å². The summed E-state index contributed by atoms with van der Waals surface area (Å²) in [6.07, 6.45) is 0. The number of aryl methyl sites for hydroxylation is 2. The lowest BCUT2D eigenvalue weighted by Gasteiger charge is -2.08. The Balaban J connectivity index is 2.77. The van der Waals surface area contributed by atoms with Gasteiger partial charge in [0, 0.05) is 18.9 Å². The van der Waals surface area contributed by atoms with E-state index in [2.05, 4.69) is 4.98 Å². The second-order valence-corrected chi connectivity index (χ2v) is 5.01. The Morgan fingerprint density at radius 2 is 1.65 bits per heavy atom. The van der Waals surface area contributed by atoms with Crippen molar-refractivity contribution in [3.05, 3.63) is 38.8 Å². The zero-order valence-electron chi connectivity index (χ0n) is 9.63. The van der Waals surface area contributed by atoms with Crippen LogP contribution in [-0.4, -0.2) is 9.67 Å². The molecule has 1 aromatic heterocycles. The average Bonchev–Trinajstić information content (AvgIpc) is 2.43. The second kappa shape index (κ2) is 4.48. The molecule has 0 amide bonds. The maximum Gasteiger partial charge on any atom is 0.316 e. The first-order chi connectivity index (χ1) is 7.91. The predicted molar refractivity (Wildman–Crippen MR) is 69.2 cm³/mol. The van der Waals surface area contributed by atoms with Crippen LogP contribution in [0.25, 0.3) is 5.69 Å². The van der Waals surface area contributed by atoms with E-state index in [1.54, 1.807) is 12.1 Å².